The maximum Gasteiger partial charge on any atom is 0.0731 e. The van der Waals surface area contributed by atoms with E-state index in [-0.39, 0.29) is 0 Å². The van der Waals surface area contributed by atoms with Gasteiger partial charge in [0.2, 0.25) is 0 Å². The summed E-state index contributed by atoms with van der Waals surface area (Å²) in [5.41, 5.74) is 7.37. The van der Waals surface area contributed by atoms with Crippen LogP contribution in [0.25, 0.3) is 0 Å². The van der Waals surface area contributed by atoms with Gasteiger partial charge in [0.15, 0.2) is 0 Å². The summed E-state index contributed by atoms with van der Waals surface area (Å²) in [7, 11) is 0. The van der Waals surface area contributed by atoms with Crippen LogP contribution in [0.3, 0.4) is 0 Å². The lowest BCUT2D eigenvalue weighted by atomic mass is 9.96. The average Bonchev–Trinajstić information content (AvgIpc) is 2.26. The SMILES string of the molecule is C=CC(=NC1CCCCC1)C(Br)=C(C)N. The number of hydrogen-bond acceptors (Lipinski definition) is 2. The molecule has 2 N–H and O–H groups in total. The number of nitrogens with zero attached hydrogens (tertiary/aromatic N) is 1. The van der Waals surface area contributed by atoms with Crippen molar-refractivity contribution in [2.75, 3.05) is 0 Å². The Kier molecular flexibility index (Phi) is 5.09. The Balaban J connectivity index is 2.76. The van der Waals surface area contributed by atoms with Gasteiger partial charge >= 0.3 is 0 Å². The van der Waals surface area contributed by atoms with Gasteiger partial charge < -0.3 is 5.73 Å². The minimum atomic E-state index is 0.457. The number of allylic oxidation sites excluding steroid dienone is 3. The molecule has 0 amide bonds. The van der Waals surface area contributed by atoms with Gasteiger partial charge in [0.25, 0.3) is 0 Å². The van der Waals surface area contributed by atoms with E-state index in [0.717, 1.165) is 15.9 Å². The zero-order chi connectivity index (χ0) is 11.3. The fourth-order valence-corrected chi connectivity index (χ4v) is 2.07. The third-order valence-electron chi connectivity index (χ3n) is 2.66. The molecule has 2 nitrogen and oxygen atoms in total. The molecule has 1 saturated carbocycles. The van der Waals surface area contributed by atoms with Crippen LogP contribution in [0.4, 0.5) is 0 Å². The van der Waals surface area contributed by atoms with E-state index in [2.05, 4.69) is 27.5 Å². The Morgan fingerprint density at radius 1 is 1.40 bits per heavy atom. The second-order valence-electron chi connectivity index (χ2n) is 4.01. The van der Waals surface area contributed by atoms with Gasteiger partial charge in [-0.2, -0.15) is 0 Å². The first-order valence-electron chi connectivity index (χ1n) is 5.47. The minimum Gasteiger partial charge on any atom is -0.401 e. The molecule has 0 atom stereocenters. The van der Waals surface area contributed by atoms with E-state index in [1.165, 1.54) is 32.1 Å². The lowest BCUT2D eigenvalue weighted by Gasteiger charge is -2.18. The van der Waals surface area contributed by atoms with Crippen molar-refractivity contribution in [1.82, 2.24) is 0 Å². The van der Waals surface area contributed by atoms with Gasteiger partial charge in [-0.1, -0.05) is 25.8 Å². The monoisotopic (exact) mass is 270 g/mol. The molecule has 0 saturated heterocycles. The summed E-state index contributed by atoms with van der Waals surface area (Å²) in [6.45, 7) is 5.64. The molecule has 1 aliphatic carbocycles. The topological polar surface area (TPSA) is 38.4 Å². The standard InChI is InChI=1S/C12H19BrN2/c1-3-11(12(13)9(2)14)15-10-7-5-4-6-8-10/h3,10H,1,4-8,14H2,2H3. The lowest BCUT2D eigenvalue weighted by molar-refractivity contribution is 0.444. The summed E-state index contributed by atoms with van der Waals surface area (Å²) < 4.78 is 0.878. The molecule has 0 aromatic heterocycles. The highest BCUT2D eigenvalue weighted by atomic mass is 79.9. The zero-order valence-electron chi connectivity index (χ0n) is 9.30. The summed E-state index contributed by atoms with van der Waals surface area (Å²) in [5, 5.41) is 0. The molecule has 0 radical (unpaired) electrons. The normalized spacial score (nSPS) is 21.1. The fraction of sp³-hybridized carbons (Fsp3) is 0.583. The number of halogens is 1. The molecule has 3 heteroatoms. The molecule has 15 heavy (non-hydrogen) atoms. The van der Waals surface area contributed by atoms with Crippen molar-refractivity contribution in [3.8, 4) is 0 Å². The van der Waals surface area contributed by atoms with Crippen LogP contribution in [0.1, 0.15) is 39.0 Å². The van der Waals surface area contributed by atoms with E-state index in [1.807, 2.05) is 6.92 Å². The van der Waals surface area contributed by atoms with Crippen LogP contribution < -0.4 is 5.73 Å². The lowest BCUT2D eigenvalue weighted by Crippen LogP contribution is -2.13. The van der Waals surface area contributed by atoms with Crippen molar-refractivity contribution >= 4 is 21.6 Å². The van der Waals surface area contributed by atoms with Crippen molar-refractivity contribution < 1.29 is 0 Å². The molecular formula is C12H19BrN2. The fourth-order valence-electron chi connectivity index (χ4n) is 1.81. The second-order valence-corrected chi connectivity index (χ2v) is 4.80. The van der Waals surface area contributed by atoms with E-state index >= 15 is 0 Å². The predicted molar refractivity (Wildman–Crippen MR) is 70.3 cm³/mol. The maximum absolute atomic E-state index is 5.72. The summed E-state index contributed by atoms with van der Waals surface area (Å²) in [4.78, 5) is 4.69. The number of aliphatic imine (C=N–C) groups is 1. The van der Waals surface area contributed by atoms with Gasteiger partial charge in [-0.25, -0.2) is 0 Å². The molecule has 0 spiro atoms. The molecule has 0 aliphatic heterocycles. The van der Waals surface area contributed by atoms with E-state index in [4.69, 9.17) is 5.73 Å². The number of hydrogen-bond donors (Lipinski definition) is 1. The summed E-state index contributed by atoms with van der Waals surface area (Å²) in [5.74, 6) is 0. The second kappa shape index (κ2) is 6.11. The first-order valence-corrected chi connectivity index (χ1v) is 6.27. The summed E-state index contributed by atoms with van der Waals surface area (Å²) >= 11 is 3.45. The molecule has 0 aromatic rings. The van der Waals surface area contributed by atoms with Crippen LogP contribution in [0, 0.1) is 0 Å². The quantitative estimate of drug-likeness (QED) is 0.783. The van der Waals surface area contributed by atoms with Crippen LogP contribution in [-0.2, 0) is 0 Å². The van der Waals surface area contributed by atoms with E-state index in [1.54, 1.807) is 6.08 Å². The van der Waals surface area contributed by atoms with Crippen molar-refractivity contribution in [3.05, 3.63) is 22.8 Å². The molecule has 0 unspecified atom stereocenters. The van der Waals surface area contributed by atoms with Gasteiger partial charge in [0.05, 0.1) is 16.2 Å². The molecule has 0 bridgehead atoms. The summed E-state index contributed by atoms with van der Waals surface area (Å²) in [6.07, 6.45) is 8.10. The smallest absolute Gasteiger partial charge is 0.0731 e. The Labute approximate surface area is 100 Å². The number of nitrogens with two attached hydrogens (primary N) is 1. The molecular weight excluding hydrogens is 252 g/mol. The Bertz CT molecular complexity index is 282. The first-order chi connectivity index (χ1) is 7.15. The van der Waals surface area contributed by atoms with Crippen molar-refractivity contribution in [2.24, 2.45) is 10.7 Å². The highest BCUT2D eigenvalue weighted by molar-refractivity contribution is 9.12. The third kappa shape index (κ3) is 3.82. The van der Waals surface area contributed by atoms with E-state index in [0.29, 0.717) is 6.04 Å². The van der Waals surface area contributed by atoms with Crippen molar-refractivity contribution in [3.63, 3.8) is 0 Å². The zero-order valence-corrected chi connectivity index (χ0v) is 10.9. The Hall–Kier alpha value is -0.570. The highest BCUT2D eigenvalue weighted by Crippen LogP contribution is 2.22. The van der Waals surface area contributed by atoms with Crippen molar-refractivity contribution in [1.29, 1.82) is 0 Å². The molecule has 84 valence electrons. The molecule has 0 aromatic carbocycles. The molecule has 1 rings (SSSR count). The predicted octanol–water partition coefficient (Wildman–Crippen LogP) is 3.53. The van der Waals surface area contributed by atoms with Crippen molar-refractivity contribution in [2.45, 2.75) is 45.1 Å². The van der Waals surface area contributed by atoms with Gasteiger partial charge in [0.1, 0.15) is 0 Å². The Morgan fingerprint density at radius 2 is 2.00 bits per heavy atom. The van der Waals surface area contributed by atoms with Crippen LogP contribution in [0.5, 0.6) is 0 Å². The van der Waals surface area contributed by atoms with Gasteiger partial charge in [-0.05, 0) is 41.8 Å². The van der Waals surface area contributed by atoms with Crippen LogP contribution >= 0.6 is 15.9 Å². The van der Waals surface area contributed by atoms with Gasteiger partial charge in [0, 0.05) is 5.70 Å². The van der Waals surface area contributed by atoms with Crippen LogP contribution in [0.15, 0.2) is 27.8 Å². The molecule has 1 fully saturated rings. The first kappa shape index (κ1) is 12.5. The number of rotatable bonds is 3. The highest BCUT2D eigenvalue weighted by Gasteiger charge is 2.13. The van der Waals surface area contributed by atoms with E-state index < -0.39 is 0 Å². The van der Waals surface area contributed by atoms with Crippen LogP contribution in [-0.4, -0.2) is 11.8 Å². The third-order valence-corrected chi connectivity index (χ3v) is 3.69. The average molecular weight is 271 g/mol. The Morgan fingerprint density at radius 3 is 2.47 bits per heavy atom. The van der Waals surface area contributed by atoms with Crippen LogP contribution in [0.2, 0.25) is 0 Å². The summed E-state index contributed by atoms with van der Waals surface area (Å²) in [6, 6.07) is 0.457. The largest absolute Gasteiger partial charge is 0.401 e. The minimum absolute atomic E-state index is 0.457. The molecule has 1 aliphatic rings. The molecule has 0 heterocycles. The van der Waals surface area contributed by atoms with Gasteiger partial charge in [-0.3, -0.25) is 4.99 Å². The van der Waals surface area contributed by atoms with Gasteiger partial charge in [-0.15, -0.1) is 0 Å². The van der Waals surface area contributed by atoms with E-state index in [9.17, 15) is 0 Å². The maximum atomic E-state index is 5.72.